The number of amides is 1. The zero-order chi connectivity index (χ0) is 9.68. The molecule has 1 heterocycles. The molecule has 1 amide bonds. The van der Waals surface area contributed by atoms with E-state index in [2.05, 4.69) is 15.0 Å². The van der Waals surface area contributed by atoms with E-state index in [4.69, 9.17) is 0 Å². The molecular formula is C8H13N3O2. The molecule has 0 aliphatic rings. The molecule has 5 heteroatoms. The number of rotatable bonds is 4. The van der Waals surface area contributed by atoms with E-state index in [-0.39, 0.29) is 5.91 Å². The molecule has 0 spiro atoms. The van der Waals surface area contributed by atoms with Crippen molar-refractivity contribution in [3.05, 3.63) is 18.0 Å². The molecule has 0 aliphatic carbocycles. The first-order valence-corrected chi connectivity index (χ1v) is 4.03. The second kappa shape index (κ2) is 4.61. The molecule has 0 saturated carbocycles. The van der Waals surface area contributed by atoms with Crippen molar-refractivity contribution in [2.24, 2.45) is 0 Å². The van der Waals surface area contributed by atoms with Crippen LogP contribution in [0.5, 0.6) is 0 Å². The van der Waals surface area contributed by atoms with E-state index in [1.54, 1.807) is 0 Å². The summed E-state index contributed by atoms with van der Waals surface area (Å²) in [4.78, 5) is 13.2. The summed E-state index contributed by atoms with van der Waals surface area (Å²) >= 11 is 0. The van der Waals surface area contributed by atoms with Crippen LogP contribution in [0.1, 0.15) is 10.5 Å². The molecule has 0 aromatic carbocycles. The van der Waals surface area contributed by atoms with Crippen LogP contribution < -0.4 is 5.32 Å². The summed E-state index contributed by atoms with van der Waals surface area (Å²) in [6.07, 6.45) is 1.38. The number of hydrogen-bond acceptors (Lipinski definition) is 4. The lowest BCUT2D eigenvalue weighted by Crippen LogP contribution is -2.31. The Morgan fingerprint density at radius 2 is 2.46 bits per heavy atom. The van der Waals surface area contributed by atoms with Gasteiger partial charge in [-0.2, -0.15) is 0 Å². The summed E-state index contributed by atoms with van der Waals surface area (Å²) in [5.74, 6) is -0.199. The molecule has 0 fully saturated rings. The van der Waals surface area contributed by atoms with Gasteiger partial charge in [0.1, 0.15) is 6.26 Å². The molecule has 0 bridgehead atoms. The number of nitrogens with zero attached hydrogens (tertiary/aromatic N) is 2. The maximum atomic E-state index is 11.2. The highest BCUT2D eigenvalue weighted by atomic mass is 16.5. The number of carbonyl (C=O) groups is 1. The number of nitrogens with one attached hydrogen (secondary N) is 1. The fraction of sp³-hybridized carbons (Fsp3) is 0.500. The Balaban J connectivity index is 2.27. The van der Waals surface area contributed by atoms with E-state index in [1.807, 2.05) is 19.0 Å². The maximum absolute atomic E-state index is 11.2. The van der Waals surface area contributed by atoms with Crippen LogP contribution in [0.15, 0.2) is 16.9 Å². The third-order valence-electron chi connectivity index (χ3n) is 1.52. The predicted octanol–water partition coefficient (Wildman–Crippen LogP) is -0.0340. The monoisotopic (exact) mass is 183 g/mol. The Bertz CT molecular complexity index is 256. The third kappa shape index (κ3) is 3.25. The largest absolute Gasteiger partial charge is 0.364 e. The fourth-order valence-corrected chi connectivity index (χ4v) is 0.813. The molecule has 1 N–H and O–H groups in total. The standard InChI is InChI=1S/C8H13N3O2/c1-11(2)5-4-9-8(12)7-3-6-13-10-7/h3,6H,4-5H2,1-2H3,(H,9,12). The highest BCUT2D eigenvalue weighted by Crippen LogP contribution is 1.92. The molecule has 0 atom stereocenters. The Morgan fingerprint density at radius 3 is 3.00 bits per heavy atom. The quantitative estimate of drug-likeness (QED) is 0.712. The van der Waals surface area contributed by atoms with Crippen LogP contribution in [0.3, 0.4) is 0 Å². The van der Waals surface area contributed by atoms with E-state index < -0.39 is 0 Å². The van der Waals surface area contributed by atoms with Crippen molar-refractivity contribution in [1.82, 2.24) is 15.4 Å². The first-order valence-electron chi connectivity index (χ1n) is 4.03. The van der Waals surface area contributed by atoms with E-state index in [0.29, 0.717) is 12.2 Å². The number of aromatic nitrogens is 1. The Morgan fingerprint density at radius 1 is 1.69 bits per heavy atom. The summed E-state index contributed by atoms with van der Waals surface area (Å²) in [7, 11) is 3.89. The van der Waals surface area contributed by atoms with E-state index in [1.165, 1.54) is 12.3 Å². The number of hydrogen-bond donors (Lipinski definition) is 1. The van der Waals surface area contributed by atoms with Gasteiger partial charge in [0.05, 0.1) is 0 Å². The summed E-state index contributed by atoms with van der Waals surface area (Å²) in [6, 6.07) is 1.53. The molecule has 13 heavy (non-hydrogen) atoms. The average Bonchev–Trinajstić information content (AvgIpc) is 2.55. The minimum atomic E-state index is -0.199. The summed E-state index contributed by atoms with van der Waals surface area (Å²) in [6.45, 7) is 1.42. The van der Waals surface area contributed by atoms with Crippen molar-refractivity contribution >= 4 is 5.91 Å². The lowest BCUT2D eigenvalue weighted by Gasteiger charge is -2.08. The minimum Gasteiger partial charge on any atom is -0.364 e. The van der Waals surface area contributed by atoms with Gasteiger partial charge in [-0.25, -0.2) is 0 Å². The summed E-state index contributed by atoms with van der Waals surface area (Å²) in [5, 5.41) is 6.23. The van der Waals surface area contributed by atoms with Gasteiger partial charge in [-0.3, -0.25) is 4.79 Å². The fourth-order valence-electron chi connectivity index (χ4n) is 0.813. The molecule has 1 rings (SSSR count). The van der Waals surface area contributed by atoms with Crippen molar-refractivity contribution in [3.8, 4) is 0 Å². The average molecular weight is 183 g/mol. The van der Waals surface area contributed by atoms with Crippen LogP contribution in [0, 0.1) is 0 Å². The van der Waals surface area contributed by atoms with Gasteiger partial charge in [-0.1, -0.05) is 5.16 Å². The summed E-state index contributed by atoms with van der Waals surface area (Å²) in [5.41, 5.74) is 0.318. The predicted molar refractivity (Wildman–Crippen MR) is 47.4 cm³/mol. The van der Waals surface area contributed by atoms with Crippen molar-refractivity contribution in [2.75, 3.05) is 27.2 Å². The van der Waals surface area contributed by atoms with Gasteiger partial charge in [0.25, 0.3) is 5.91 Å². The Hall–Kier alpha value is -1.36. The van der Waals surface area contributed by atoms with Gasteiger partial charge in [0.2, 0.25) is 0 Å². The molecule has 5 nitrogen and oxygen atoms in total. The summed E-state index contributed by atoms with van der Waals surface area (Å²) < 4.78 is 4.54. The van der Waals surface area contributed by atoms with Gasteiger partial charge < -0.3 is 14.7 Å². The zero-order valence-electron chi connectivity index (χ0n) is 7.78. The maximum Gasteiger partial charge on any atom is 0.273 e. The number of carbonyl (C=O) groups excluding carboxylic acids is 1. The highest BCUT2D eigenvalue weighted by Gasteiger charge is 2.06. The van der Waals surface area contributed by atoms with E-state index in [9.17, 15) is 4.79 Å². The van der Waals surface area contributed by atoms with Crippen LogP contribution >= 0.6 is 0 Å². The van der Waals surface area contributed by atoms with Crippen LogP contribution in [0.4, 0.5) is 0 Å². The SMILES string of the molecule is CN(C)CCNC(=O)c1ccon1. The molecule has 1 aromatic rings. The Labute approximate surface area is 76.7 Å². The van der Waals surface area contributed by atoms with Crippen LogP contribution in [-0.2, 0) is 0 Å². The van der Waals surface area contributed by atoms with E-state index >= 15 is 0 Å². The van der Waals surface area contributed by atoms with Gasteiger partial charge >= 0.3 is 0 Å². The van der Waals surface area contributed by atoms with Gasteiger partial charge in [0.15, 0.2) is 5.69 Å². The first-order chi connectivity index (χ1) is 6.20. The number of likely N-dealkylation sites (N-methyl/N-ethyl adjacent to an activating group) is 1. The highest BCUT2D eigenvalue weighted by molar-refractivity contribution is 5.91. The first kappa shape index (κ1) is 9.73. The van der Waals surface area contributed by atoms with E-state index in [0.717, 1.165) is 6.54 Å². The normalized spacial score (nSPS) is 10.4. The molecule has 72 valence electrons. The topological polar surface area (TPSA) is 58.4 Å². The van der Waals surface area contributed by atoms with Crippen molar-refractivity contribution in [3.63, 3.8) is 0 Å². The lowest BCUT2D eigenvalue weighted by molar-refractivity contribution is 0.0942. The molecule has 1 aromatic heterocycles. The zero-order valence-corrected chi connectivity index (χ0v) is 7.78. The van der Waals surface area contributed by atoms with Gasteiger partial charge in [0, 0.05) is 19.2 Å². The van der Waals surface area contributed by atoms with Crippen molar-refractivity contribution < 1.29 is 9.32 Å². The van der Waals surface area contributed by atoms with Crippen molar-refractivity contribution in [1.29, 1.82) is 0 Å². The van der Waals surface area contributed by atoms with Crippen molar-refractivity contribution in [2.45, 2.75) is 0 Å². The molecule has 0 radical (unpaired) electrons. The second-order valence-electron chi connectivity index (χ2n) is 2.94. The Kier molecular flexibility index (Phi) is 3.45. The lowest BCUT2D eigenvalue weighted by atomic mass is 10.4. The van der Waals surface area contributed by atoms with Gasteiger partial charge in [-0.15, -0.1) is 0 Å². The smallest absolute Gasteiger partial charge is 0.273 e. The molecule has 0 saturated heterocycles. The van der Waals surface area contributed by atoms with Crippen LogP contribution in [-0.4, -0.2) is 43.1 Å². The second-order valence-corrected chi connectivity index (χ2v) is 2.94. The molecular weight excluding hydrogens is 170 g/mol. The molecule has 0 aliphatic heterocycles. The van der Waals surface area contributed by atoms with Crippen LogP contribution in [0.25, 0.3) is 0 Å². The molecule has 0 unspecified atom stereocenters. The minimum absolute atomic E-state index is 0.199. The third-order valence-corrected chi connectivity index (χ3v) is 1.52. The van der Waals surface area contributed by atoms with Crippen LogP contribution in [0.2, 0.25) is 0 Å². The van der Waals surface area contributed by atoms with Gasteiger partial charge in [-0.05, 0) is 14.1 Å².